The van der Waals surface area contributed by atoms with Crippen LogP contribution in [0.5, 0.6) is 0 Å². The molecular formula is C16H34N2O2. The van der Waals surface area contributed by atoms with Crippen LogP contribution in [0.1, 0.15) is 53.9 Å². The van der Waals surface area contributed by atoms with Gasteiger partial charge in [-0.3, -0.25) is 4.79 Å². The van der Waals surface area contributed by atoms with Crippen LogP contribution in [0.15, 0.2) is 0 Å². The van der Waals surface area contributed by atoms with Crippen LogP contribution in [0.4, 0.5) is 0 Å². The highest BCUT2D eigenvalue weighted by Crippen LogP contribution is 2.07. The first kappa shape index (κ1) is 19.4. The van der Waals surface area contributed by atoms with E-state index < -0.39 is 12.0 Å². The van der Waals surface area contributed by atoms with E-state index >= 15 is 0 Å². The number of aliphatic carboxylic acids is 1. The number of hydrogen-bond donors (Lipinski definition) is 2. The lowest BCUT2D eigenvalue weighted by atomic mass is 10.1. The Labute approximate surface area is 124 Å². The second-order valence-electron chi connectivity index (χ2n) is 6.51. The van der Waals surface area contributed by atoms with Gasteiger partial charge in [-0.25, -0.2) is 0 Å². The fourth-order valence-corrected chi connectivity index (χ4v) is 1.98. The van der Waals surface area contributed by atoms with Crippen LogP contribution in [-0.2, 0) is 4.79 Å². The minimum absolute atomic E-state index is 0.450. The predicted molar refractivity (Wildman–Crippen MR) is 85.1 cm³/mol. The van der Waals surface area contributed by atoms with E-state index in [1.165, 1.54) is 0 Å². The van der Waals surface area contributed by atoms with E-state index in [0.717, 1.165) is 38.9 Å². The molecule has 120 valence electrons. The van der Waals surface area contributed by atoms with Crippen LogP contribution in [0.25, 0.3) is 0 Å². The third-order valence-corrected chi connectivity index (χ3v) is 3.42. The highest BCUT2D eigenvalue weighted by Gasteiger charge is 2.20. The molecule has 0 saturated carbocycles. The fraction of sp³-hybridized carbons (Fsp3) is 0.938. The zero-order valence-corrected chi connectivity index (χ0v) is 14.0. The van der Waals surface area contributed by atoms with Crippen molar-refractivity contribution in [2.45, 2.75) is 59.9 Å². The van der Waals surface area contributed by atoms with Crippen molar-refractivity contribution in [3.63, 3.8) is 0 Å². The lowest BCUT2D eigenvalue weighted by molar-refractivity contribution is -0.140. The van der Waals surface area contributed by atoms with Crippen molar-refractivity contribution in [1.82, 2.24) is 10.2 Å². The van der Waals surface area contributed by atoms with Gasteiger partial charge in [-0.15, -0.1) is 0 Å². The van der Waals surface area contributed by atoms with Crippen molar-refractivity contribution in [2.24, 2.45) is 11.8 Å². The van der Waals surface area contributed by atoms with Crippen LogP contribution >= 0.6 is 0 Å². The van der Waals surface area contributed by atoms with Crippen molar-refractivity contribution in [3.8, 4) is 0 Å². The summed E-state index contributed by atoms with van der Waals surface area (Å²) >= 11 is 0. The van der Waals surface area contributed by atoms with Crippen molar-refractivity contribution >= 4 is 5.97 Å². The largest absolute Gasteiger partial charge is 0.480 e. The van der Waals surface area contributed by atoms with Gasteiger partial charge >= 0.3 is 5.97 Å². The van der Waals surface area contributed by atoms with Gasteiger partial charge in [-0.2, -0.15) is 0 Å². The molecular weight excluding hydrogens is 252 g/mol. The van der Waals surface area contributed by atoms with Gasteiger partial charge in [0.25, 0.3) is 0 Å². The Bertz CT molecular complexity index is 243. The topological polar surface area (TPSA) is 52.6 Å². The molecule has 2 N–H and O–H groups in total. The Hall–Kier alpha value is -0.610. The molecule has 0 aromatic carbocycles. The molecule has 0 aromatic rings. The molecule has 1 unspecified atom stereocenters. The molecule has 0 saturated heterocycles. The molecule has 0 rings (SSSR count). The van der Waals surface area contributed by atoms with Gasteiger partial charge in [0.2, 0.25) is 0 Å². The Morgan fingerprint density at radius 2 is 1.60 bits per heavy atom. The monoisotopic (exact) mass is 286 g/mol. The highest BCUT2D eigenvalue weighted by molar-refractivity contribution is 5.73. The van der Waals surface area contributed by atoms with Gasteiger partial charge in [0, 0.05) is 6.54 Å². The third kappa shape index (κ3) is 10.2. The highest BCUT2D eigenvalue weighted by atomic mass is 16.4. The Morgan fingerprint density at radius 3 is 1.95 bits per heavy atom. The van der Waals surface area contributed by atoms with E-state index in [1.807, 2.05) is 0 Å². The molecule has 0 radical (unpaired) electrons. The Balaban J connectivity index is 4.42. The van der Waals surface area contributed by atoms with Crippen LogP contribution in [-0.4, -0.2) is 48.2 Å². The number of nitrogens with one attached hydrogen (secondary N) is 1. The normalized spacial score (nSPS) is 13.4. The van der Waals surface area contributed by atoms with Gasteiger partial charge in [0.15, 0.2) is 0 Å². The summed E-state index contributed by atoms with van der Waals surface area (Å²) in [4.78, 5) is 13.6. The maximum Gasteiger partial charge on any atom is 0.322 e. The predicted octanol–water partition coefficient (Wildman–Crippen LogP) is 2.83. The van der Waals surface area contributed by atoms with E-state index in [1.54, 1.807) is 0 Å². The summed E-state index contributed by atoms with van der Waals surface area (Å²) < 4.78 is 0. The lowest BCUT2D eigenvalue weighted by Gasteiger charge is -2.27. The molecule has 0 fully saturated rings. The van der Waals surface area contributed by atoms with Crippen molar-refractivity contribution in [3.05, 3.63) is 0 Å². The molecule has 0 aliphatic heterocycles. The number of carboxylic acid groups (broad SMARTS) is 1. The van der Waals surface area contributed by atoms with E-state index in [2.05, 4.69) is 44.8 Å². The van der Waals surface area contributed by atoms with Gasteiger partial charge in [-0.05, 0) is 50.7 Å². The first-order valence-corrected chi connectivity index (χ1v) is 8.05. The van der Waals surface area contributed by atoms with Gasteiger partial charge in [0.1, 0.15) is 6.04 Å². The molecule has 1 atom stereocenters. The quantitative estimate of drug-likeness (QED) is 0.579. The smallest absolute Gasteiger partial charge is 0.322 e. The molecule has 0 bridgehead atoms. The molecule has 4 heteroatoms. The fourth-order valence-electron chi connectivity index (χ4n) is 1.98. The average Bonchev–Trinajstić information content (AvgIpc) is 2.35. The summed E-state index contributed by atoms with van der Waals surface area (Å²) in [6, 6.07) is -0.450. The van der Waals surface area contributed by atoms with Crippen LogP contribution in [0, 0.1) is 11.8 Å². The molecule has 0 heterocycles. The molecule has 0 aliphatic carbocycles. The zero-order valence-electron chi connectivity index (χ0n) is 14.0. The SMILES string of the molecule is CCCNC(CN(CCC(C)C)CCC(C)C)C(=O)O. The molecule has 20 heavy (non-hydrogen) atoms. The third-order valence-electron chi connectivity index (χ3n) is 3.42. The van der Waals surface area contributed by atoms with Crippen molar-refractivity contribution in [2.75, 3.05) is 26.2 Å². The summed E-state index contributed by atoms with van der Waals surface area (Å²) in [5.74, 6) is 0.574. The second kappa shape index (κ2) is 11.1. The molecule has 0 aromatic heterocycles. The van der Waals surface area contributed by atoms with Gasteiger partial charge in [-0.1, -0.05) is 34.6 Å². The van der Waals surface area contributed by atoms with E-state index in [4.69, 9.17) is 0 Å². The number of nitrogens with zero attached hydrogens (tertiary/aromatic N) is 1. The molecule has 0 spiro atoms. The first-order valence-electron chi connectivity index (χ1n) is 8.05. The van der Waals surface area contributed by atoms with Crippen molar-refractivity contribution < 1.29 is 9.90 Å². The van der Waals surface area contributed by atoms with Gasteiger partial charge in [0.05, 0.1) is 0 Å². The minimum atomic E-state index is -0.738. The van der Waals surface area contributed by atoms with E-state index in [-0.39, 0.29) is 0 Å². The maximum absolute atomic E-state index is 11.3. The maximum atomic E-state index is 11.3. The standard InChI is InChI=1S/C16H34N2O2/c1-6-9-17-15(16(19)20)12-18(10-7-13(2)3)11-8-14(4)5/h13-15,17H,6-12H2,1-5H3,(H,19,20). The van der Waals surface area contributed by atoms with E-state index in [9.17, 15) is 9.90 Å². The Morgan fingerprint density at radius 1 is 1.10 bits per heavy atom. The van der Waals surface area contributed by atoms with Crippen LogP contribution in [0.3, 0.4) is 0 Å². The summed E-state index contributed by atoms with van der Waals surface area (Å²) in [7, 11) is 0. The summed E-state index contributed by atoms with van der Waals surface area (Å²) in [6.07, 6.45) is 3.21. The average molecular weight is 286 g/mol. The Kier molecular flexibility index (Phi) is 10.8. The van der Waals surface area contributed by atoms with Crippen LogP contribution in [0.2, 0.25) is 0 Å². The van der Waals surface area contributed by atoms with Crippen molar-refractivity contribution in [1.29, 1.82) is 0 Å². The number of carboxylic acids is 1. The molecule has 4 nitrogen and oxygen atoms in total. The molecule has 0 aliphatic rings. The second-order valence-corrected chi connectivity index (χ2v) is 6.51. The number of carbonyl (C=O) groups is 1. The van der Waals surface area contributed by atoms with Crippen LogP contribution < -0.4 is 5.32 Å². The summed E-state index contributed by atoms with van der Waals surface area (Å²) in [5.41, 5.74) is 0. The summed E-state index contributed by atoms with van der Waals surface area (Å²) in [6.45, 7) is 14.3. The first-order chi connectivity index (χ1) is 9.36. The number of hydrogen-bond acceptors (Lipinski definition) is 3. The van der Waals surface area contributed by atoms with Gasteiger partial charge < -0.3 is 15.3 Å². The van der Waals surface area contributed by atoms with E-state index in [0.29, 0.717) is 18.4 Å². The minimum Gasteiger partial charge on any atom is -0.480 e. The number of rotatable bonds is 12. The lowest BCUT2D eigenvalue weighted by Crippen LogP contribution is -2.47. The molecule has 0 amide bonds. The summed E-state index contributed by atoms with van der Waals surface area (Å²) in [5, 5.41) is 12.4. The zero-order chi connectivity index (χ0) is 15.5.